The smallest absolute Gasteiger partial charge is 0.279 e. The van der Waals surface area contributed by atoms with Gasteiger partial charge in [-0.05, 0) is 37.3 Å². The minimum absolute atomic E-state index is 0.326. The van der Waals surface area contributed by atoms with Gasteiger partial charge in [-0.3, -0.25) is 4.79 Å². The number of methoxy groups -OCH3 is 2. The molecule has 0 atom stereocenters. The van der Waals surface area contributed by atoms with Gasteiger partial charge in [0, 0.05) is 18.7 Å². The highest BCUT2D eigenvalue weighted by molar-refractivity contribution is 7.16. The Morgan fingerprint density at radius 3 is 2.63 bits per heavy atom. The lowest BCUT2D eigenvalue weighted by atomic mass is 10.2. The van der Waals surface area contributed by atoms with E-state index in [9.17, 15) is 4.79 Å². The van der Waals surface area contributed by atoms with Gasteiger partial charge in [0.25, 0.3) is 5.91 Å². The van der Waals surface area contributed by atoms with E-state index in [0.29, 0.717) is 41.6 Å². The van der Waals surface area contributed by atoms with Crippen LogP contribution >= 0.6 is 11.3 Å². The molecule has 0 aliphatic carbocycles. The Bertz CT molecular complexity index is 1010. The van der Waals surface area contributed by atoms with E-state index >= 15 is 0 Å². The fraction of sp³-hybridized carbons (Fsp3) is 0.300. The van der Waals surface area contributed by atoms with Gasteiger partial charge in [-0.1, -0.05) is 23.5 Å². The lowest BCUT2D eigenvalue weighted by molar-refractivity contribution is 0.0996. The van der Waals surface area contributed by atoms with Crippen molar-refractivity contribution in [2.75, 3.05) is 27.4 Å². The minimum Gasteiger partial charge on any atom is -0.493 e. The van der Waals surface area contributed by atoms with Crippen LogP contribution in [-0.2, 0) is 11.3 Å². The molecule has 0 fully saturated rings. The predicted molar refractivity (Wildman–Crippen MR) is 106 cm³/mol. The number of aromatic nitrogens is 1. The number of thiazole rings is 1. The van der Waals surface area contributed by atoms with Crippen molar-refractivity contribution >= 4 is 27.5 Å². The molecule has 0 unspecified atom stereocenters. The Morgan fingerprint density at radius 1 is 1.11 bits per heavy atom. The molecule has 0 saturated heterocycles. The number of carbonyl (C=O) groups is 1. The molecular weight excluding hydrogens is 364 g/mol. The van der Waals surface area contributed by atoms with Crippen molar-refractivity contribution < 1.29 is 19.0 Å². The summed E-state index contributed by atoms with van der Waals surface area (Å²) in [6.45, 7) is 3.81. The van der Waals surface area contributed by atoms with E-state index in [1.54, 1.807) is 25.3 Å². The topological polar surface area (TPSA) is 62.1 Å². The first-order chi connectivity index (χ1) is 13.2. The normalized spacial score (nSPS) is 11.7. The number of ether oxygens (including phenoxy) is 3. The summed E-state index contributed by atoms with van der Waals surface area (Å²) < 4.78 is 19.1. The molecule has 1 amide bonds. The molecule has 0 spiro atoms. The van der Waals surface area contributed by atoms with Gasteiger partial charge in [0.05, 0.1) is 31.0 Å². The van der Waals surface area contributed by atoms with E-state index in [-0.39, 0.29) is 5.91 Å². The van der Waals surface area contributed by atoms with Crippen molar-refractivity contribution in [3.05, 3.63) is 52.8 Å². The third-order valence-corrected chi connectivity index (χ3v) is 5.14. The van der Waals surface area contributed by atoms with Gasteiger partial charge < -0.3 is 18.8 Å². The summed E-state index contributed by atoms with van der Waals surface area (Å²) >= 11 is 1.49. The second kappa shape index (κ2) is 8.83. The summed E-state index contributed by atoms with van der Waals surface area (Å²) in [4.78, 5) is 17.8. The SMILES string of the molecule is CCOCCn1c(=NC(=O)c2ccc(OC)c(OC)c2)sc2ccccc21. The van der Waals surface area contributed by atoms with Crippen LogP contribution in [0.1, 0.15) is 17.3 Å². The zero-order valence-corrected chi connectivity index (χ0v) is 16.4. The second-order valence-corrected chi connectivity index (χ2v) is 6.70. The van der Waals surface area contributed by atoms with Crippen molar-refractivity contribution in [1.82, 2.24) is 4.57 Å². The maximum atomic E-state index is 12.7. The Hall–Kier alpha value is -2.64. The van der Waals surface area contributed by atoms with Gasteiger partial charge in [-0.15, -0.1) is 0 Å². The van der Waals surface area contributed by atoms with Crippen LogP contribution in [0.25, 0.3) is 10.2 Å². The van der Waals surface area contributed by atoms with Crippen LogP contribution in [0.15, 0.2) is 47.5 Å². The van der Waals surface area contributed by atoms with Crippen LogP contribution in [0.5, 0.6) is 11.5 Å². The number of hydrogen-bond acceptors (Lipinski definition) is 5. The van der Waals surface area contributed by atoms with Crippen molar-refractivity contribution in [3.8, 4) is 11.5 Å². The number of fused-ring (bicyclic) bond motifs is 1. The fourth-order valence-corrected chi connectivity index (χ4v) is 3.80. The van der Waals surface area contributed by atoms with Crippen LogP contribution in [0, 0.1) is 0 Å². The molecule has 6 nitrogen and oxygen atoms in total. The zero-order valence-electron chi connectivity index (χ0n) is 15.6. The minimum atomic E-state index is -0.326. The zero-order chi connectivity index (χ0) is 19.2. The number of hydrogen-bond donors (Lipinski definition) is 0. The van der Waals surface area contributed by atoms with E-state index in [1.165, 1.54) is 18.4 Å². The number of benzene rings is 2. The molecule has 0 aliphatic heterocycles. The van der Waals surface area contributed by atoms with Gasteiger partial charge in [0.1, 0.15) is 0 Å². The van der Waals surface area contributed by atoms with E-state index in [4.69, 9.17) is 14.2 Å². The Balaban J connectivity index is 2.01. The molecule has 0 bridgehead atoms. The quantitative estimate of drug-likeness (QED) is 0.583. The van der Waals surface area contributed by atoms with E-state index in [1.807, 2.05) is 35.8 Å². The highest BCUT2D eigenvalue weighted by atomic mass is 32.1. The largest absolute Gasteiger partial charge is 0.493 e. The van der Waals surface area contributed by atoms with E-state index in [2.05, 4.69) is 4.99 Å². The molecule has 142 valence electrons. The molecule has 1 aromatic heterocycles. The Labute approximate surface area is 161 Å². The molecule has 3 aromatic rings. The first-order valence-corrected chi connectivity index (χ1v) is 9.46. The maximum Gasteiger partial charge on any atom is 0.279 e. The fourth-order valence-electron chi connectivity index (χ4n) is 2.74. The summed E-state index contributed by atoms with van der Waals surface area (Å²) in [6, 6.07) is 13.0. The van der Waals surface area contributed by atoms with Gasteiger partial charge >= 0.3 is 0 Å². The van der Waals surface area contributed by atoms with Crippen LogP contribution in [0.2, 0.25) is 0 Å². The van der Waals surface area contributed by atoms with E-state index < -0.39 is 0 Å². The summed E-state index contributed by atoms with van der Waals surface area (Å²) in [5.41, 5.74) is 1.49. The van der Waals surface area contributed by atoms with Crippen LogP contribution in [0.3, 0.4) is 0 Å². The number of amides is 1. The van der Waals surface area contributed by atoms with Crippen LogP contribution in [-0.4, -0.2) is 37.9 Å². The van der Waals surface area contributed by atoms with Crippen molar-refractivity contribution in [2.45, 2.75) is 13.5 Å². The average Bonchev–Trinajstić information content (AvgIpc) is 3.04. The van der Waals surface area contributed by atoms with Gasteiger partial charge in [0.15, 0.2) is 16.3 Å². The van der Waals surface area contributed by atoms with Crippen LogP contribution in [0.4, 0.5) is 0 Å². The molecule has 1 heterocycles. The third-order valence-electron chi connectivity index (χ3n) is 4.08. The van der Waals surface area contributed by atoms with Crippen LogP contribution < -0.4 is 14.3 Å². The third kappa shape index (κ3) is 4.20. The van der Waals surface area contributed by atoms with Crippen molar-refractivity contribution in [1.29, 1.82) is 0 Å². The molecular formula is C20H22N2O4S. The number of nitrogens with zero attached hydrogens (tertiary/aromatic N) is 2. The Kier molecular flexibility index (Phi) is 6.26. The number of para-hydroxylation sites is 1. The molecule has 0 radical (unpaired) electrons. The van der Waals surface area contributed by atoms with Crippen molar-refractivity contribution in [2.24, 2.45) is 4.99 Å². The first kappa shape index (κ1) is 19.1. The second-order valence-electron chi connectivity index (χ2n) is 5.69. The summed E-state index contributed by atoms with van der Waals surface area (Å²) in [5.74, 6) is 0.745. The summed E-state index contributed by atoms with van der Waals surface area (Å²) in [7, 11) is 3.10. The van der Waals surface area contributed by atoms with Gasteiger partial charge in [-0.25, -0.2) is 0 Å². The number of carbonyl (C=O) groups excluding carboxylic acids is 1. The molecule has 27 heavy (non-hydrogen) atoms. The molecule has 2 aromatic carbocycles. The molecule has 0 N–H and O–H groups in total. The highest BCUT2D eigenvalue weighted by Crippen LogP contribution is 2.27. The molecule has 0 aliphatic rings. The number of rotatable bonds is 7. The van der Waals surface area contributed by atoms with Crippen molar-refractivity contribution in [3.63, 3.8) is 0 Å². The lowest BCUT2D eigenvalue weighted by Gasteiger charge is -2.08. The predicted octanol–water partition coefficient (Wildman–Crippen LogP) is 3.50. The van der Waals surface area contributed by atoms with Gasteiger partial charge in [0.2, 0.25) is 0 Å². The monoisotopic (exact) mass is 386 g/mol. The molecule has 0 saturated carbocycles. The molecule has 3 rings (SSSR count). The maximum absolute atomic E-state index is 12.7. The summed E-state index contributed by atoms with van der Waals surface area (Å²) in [5, 5.41) is 0. The van der Waals surface area contributed by atoms with Gasteiger partial charge in [-0.2, -0.15) is 4.99 Å². The standard InChI is InChI=1S/C20H22N2O4S/c1-4-26-12-11-22-15-7-5-6-8-18(15)27-20(22)21-19(23)14-9-10-16(24-2)17(13-14)25-3/h5-10,13H,4,11-12H2,1-3H3. The first-order valence-electron chi connectivity index (χ1n) is 8.65. The molecule has 7 heteroatoms. The lowest BCUT2D eigenvalue weighted by Crippen LogP contribution is -2.19. The van der Waals surface area contributed by atoms with E-state index in [0.717, 1.165) is 10.2 Å². The average molecular weight is 386 g/mol. The summed E-state index contributed by atoms with van der Waals surface area (Å²) in [6.07, 6.45) is 0. The Morgan fingerprint density at radius 2 is 1.89 bits per heavy atom. The highest BCUT2D eigenvalue weighted by Gasteiger charge is 2.12.